The maximum atomic E-state index is 12.7. The first-order chi connectivity index (χ1) is 12.5. The minimum absolute atomic E-state index is 0.121. The van der Waals surface area contributed by atoms with Gasteiger partial charge in [-0.3, -0.25) is 14.5 Å². The van der Waals surface area contributed by atoms with Gasteiger partial charge >= 0.3 is 0 Å². The number of hydrogen-bond acceptors (Lipinski definition) is 3. The lowest BCUT2D eigenvalue weighted by atomic mass is 9.90. The molecule has 5 heteroatoms. The Morgan fingerprint density at radius 1 is 1.04 bits per heavy atom. The van der Waals surface area contributed by atoms with Gasteiger partial charge in [-0.2, -0.15) is 0 Å². The third-order valence-electron chi connectivity index (χ3n) is 5.76. The number of piperidine rings is 1. The van der Waals surface area contributed by atoms with E-state index in [9.17, 15) is 9.59 Å². The van der Waals surface area contributed by atoms with Crippen LogP contribution in [-0.4, -0.2) is 72.8 Å². The predicted octanol–water partition coefficient (Wildman–Crippen LogP) is 2.02. The molecule has 0 aliphatic carbocycles. The van der Waals surface area contributed by atoms with Crippen molar-refractivity contribution in [1.29, 1.82) is 0 Å². The van der Waals surface area contributed by atoms with Gasteiger partial charge < -0.3 is 9.80 Å². The van der Waals surface area contributed by atoms with Gasteiger partial charge in [0.05, 0.1) is 12.6 Å². The highest BCUT2D eigenvalue weighted by molar-refractivity contribution is 5.83. The molecule has 5 nitrogen and oxygen atoms in total. The quantitative estimate of drug-likeness (QED) is 0.810. The number of likely N-dealkylation sites (tertiary alicyclic amines) is 2. The first-order valence-electron chi connectivity index (χ1n) is 9.81. The summed E-state index contributed by atoms with van der Waals surface area (Å²) in [4.78, 5) is 30.7. The third-order valence-corrected chi connectivity index (χ3v) is 5.76. The summed E-state index contributed by atoms with van der Waals surface area (Å²) in [5, 5.41) is 0. The molecule has 0 saturated carbocycles. The van der Waals surface area contributed by atoms with E-state index in [1.54, 1.807) is 19.0 Å². The molecule has 0 N–H and O–H groups in total. The van der Waals surface area contributed by atoms with Gasteiger partial charge in [-0.25, -0.2) is 0 Å². The summed E-state index contributed by atoms with van der Waals surface area (Å²) in [5.41, 5.74) is 1.39. The number of rotatable bonds is 5. The number of carbonyl (C=O) groups excluding carboxylic acids is 2. The van der Waals surface area contributed by atoms with Gasteiger partial charge in [-0.15, -0.1) is 0 Å². The van der Waals surface area contributed by atoms with Gasteiger partial charge in [-0.05, 0) is 50.1 Å². The molecule has 2 aliphatic heterocycles. The standard InChI is InChI=1S/C21H31N3O2/c1-22(2)21(26)19-9-6-12-24(19)16-20(25)23-13-10-18(11-14-23)15-17-7-4-3-5-8-17/h3-5,7-8,18-19H,6,9-16H2,1-2H3. The number of amides is 2. The van der Waals surface area contributed by atoms with Crippen LogP contribution >= 0.6 is 0 Å². The van der Waals surface area contributed by atoms with E-state index in [4.69, 9.17) is 0 Å². The number of nitrogens with zero attached hydrogens (tertiary/aromatic N) is 3. The Balaban J connectivity index is 1.47. The lowest BCUT2D eigenvalue weighted by Gasteiger charge is -2.34. The van der Waals surface area contributed by atoms with Gasteiger partial charge in [-0.1, -0.05) is 30.3 Å². The van der Waals surface area contributed by atoms with Crippen LogP contribution in [0.4, 0.5) is 0 Å². The van der Waals surface area contributed by atoms with Crippen molar-refractivity contribution in [1.82, 2.24) is 14.7 Å². The predicted molar refractivity (Wildman–Crippen MR) is 103 cm³/mol. The van der Waals surface area contributed by atoms with Crippen LogP contribution in [0.3, 0.4) is 0 Å². The lowest BCUT2D eigenvalue weighted by molar-refractivity contribution is -0.137. The highest BCUT2D eigenvalue weighted by Gasteiger charge is 2.34. The van der Waals surface area contributed by atoms with E-state index in [1.165, 1.54) is 5.56 Å². The van der Waals surface area contributed by atoms with Crippen LogP contribution in [0.2, 0.25) is 0 Å². The average molecular weight is 357 g/mol. The number of benzene rings is 1. The molecule has 2 amide bonds. The SMILES string of the molecule is CN(C)C(=O)C1CCCN1CC(=O)N1CCC(Cc2ccccc2)CC1. The zero-order chi connectivity index (χ0) is 18.5. The van der Waals surface area contributed by atoms with Crippen molar-refractivity contribution < 1.29 is 9.59 Å². The van der Waals surface area contributed by atoms with Crippen molar-refractivity contribution in [3.63, 3.8) is 0 Å². The Bertz CT molecular complexity index is 609. The lowest BCUT2D eigenvalue weighted by Crippen LogP contribution is -2.49. The van der Waals surface area contributed by atoms with E-state index >= 15 is 0 Å². The Morgan fingerprint density at radius 2 is 1.73 bits per heavy atom. The van der Waals surface area contributed by atoms with Gasteiger partial charge in [0.1, 0.15) is 0 Å². The Hall–Kier alpha value is -1.88. The van der Waals surface area contributed by atoms with Crippen molar-refractivity contribution in [2.45, 2.75) is 38.1 Å². The highest BCUT2D eigenvalue weighted by atomic mass is 16.2. The fourth-order valence-corrected chi connectivity index (χ4v) is 4.20. The molecule has 2 heterocycles. The molecule has 142 valence electrons. The van der Waals surface area contributed by atoms with Crippen LogP contribution in [0.15, 0.2) is 30.3 Å². The maximum Gasteiger partial charge on any atom is 0.239 e. The van der Waals surface area contributed by atoms with Crippen LogP contribution in [0.25, 0.3) is 0 Å². The molecule has 1 aromatic carbocycles. The molecule has 0 aromatic heterocycles. The summed E-state index contributed by atoms with van der Waals surface area (Å²) < 4.78 is 0. The smallest absolute Gasteiger partial charge is 0.239 e. The summed E-state index contributed by atoms with van der Waals surface area (Å²) in [6, 6.07) is 10.5. The second kappa shape index (κ2) is 8.67. The van der Waals surface area contributed by atoms with E-state index in [0.717, 1.165) is 51.7 Å². The summed E-state index contributed by atoms with van der Waals surface area (Å²) in [6.45, 7) is 2.92. The van der Waals surface area contributed by atoms with Crippen molar-refractivity contribution in [3.8, 4) is 0 Å². The molecule has 1 aromatic rings. The summed E-state index contributed by atoms with van der Waals surface area (Å²) >= 11 is 0. The fourth-order valence-electron chi connectivity index (χ4n) is 4.20. The van der Waals surface area contributed by atoms with E-state index < -0.39 is 0 Å². The fraction of sp³-hybridized carbons (Fsp3) is 0.619. The Labute approximate surface area is 156 Å². The molecule has 1 atom stereocenters. The van der Waals surface area contributed by atoms with Crippen molar-refractivity contribution in [2.75, 3.05) is 40.3 Å². The van der Waals surface area contributed by atoms with E-state index in [2.05, 4.69) is 35.2 Å². The zero-order valence-electron chi connectivity index (χ0n) is 16.1. The molecule has 2 aliphatic rings. The molecular weight excluding hydrogens is 326 g/mol. The molecule has 0 bridgehead atoms. The Kier molecular flexibility index (Phi) is 6.30. The normalized spacial score (nSPS) is 21.8. The highest BCUT2D eigenvalue weighted by Crippen LogP contribution is 2.23. The van der Waals surface area contributed by atoms with Gasteiger partial charge in [0.25, 0.3) is 0 Å². The molecule has 1 unspecified atom stereocenters. The number of likely N-dealkylation sites (N-methyl/N-ethyl adjacent to an activating group) is 1. The van der Waals surface area contributed by atoms with Crippen LogP contribution < -0.4 is 0 Å². The third kappa shape index (κ3) is 4.64. The van der Waals surface area contributed by atoms with Gasteiger partial charge in [0, 0.05) is 27.2 Å². The maximum absolute atomic E-state index is 12.7. The summed E-state index contributed by atoms with van der Waals surface area (Å²) in [7, 11) is 3.58. The first-order valence-corrected chi connectivity index (χ1v) is 9.81. The molecule has 0 radical (unpaired) electrons. The number of hydrogen-bond donors (Lipinski definition) is 0. The molecular formula is C21H31N3O2. The summed E-state index contributed by atoms with van der Waals surface area (Å²) in [5.74, 6) is 0.967. The van der Waals surface area contributed by atoms with E-state index in [-0.39, 0.29) is 17.9 Å². The van der Waals surface area contributed by atoms with E-state index in [0.29, 0.717) is 12.5 Å². The van der Waals surface area contributed by atoms with Crippen LogP contribution in [0.5, 0.6) is 0 Å². The average Bonchev–Trinajstić information content (AvgIpc) is 3.10. The van der Waals surface area contributed by atoms with Gasteiger partial charge in [0.2, 0.25) is 11.8 Å². The van der Waals surface area contributed by atoms with Crippen LogP contribution in [-0.2, 0) is 16.0 Å². The molecule has 3 rings (SSSR count). The molecule has 0 spiro atoms. The first kappa shape index (κ1) is 18.9. The number of carbonyl (C=O) groups is 2. The van der Waals surface area contributed by atoms with E-state index in [1.807, 2.05) is 4.90 Å². The monoisotopic (exact) mass is 357 g/mol. The minimum atomic E-state index is -0.121. The second-order valence-electron chi connectivity index (χ2n) is 7.88. The molecule has 2 fully saturated rings. The topological polar surface area (TPSA) is 43.9 Å². The van der Waals surface area contributed by atoms with Crippen molar-refractivity contribution in [3.05, 3.63) is 35.9 Å². The van der Waals surface area contributed by atoms with Crippen LogP contribution in [0.1, 0.15) is 31.2 Å². The summed E-state index contributed by atoms with van der Waals surface area (Å²) in [6.07, 6.45) is 5.11. The Morgan fingerprint density at radius 3 is 2.38 bits per heavy atom. The molecule has 26 heavy (non-hydrogen) atoms. The second-order valence-corrected chi connectivity index (χ2v) is 7.88. The van der Waals surface area contributed by atoms with Gasteiger partial charge in [0.15, 0.2) is 0 Å². The van der Waals surface area contributed by atoms with Crippen molar-refractivity contribution >= 4 is 11.8 Å². The van der Waals surface area contributed by atoms with Crippen molar-refractivity contribution in [2.24, 2.45) is 5.92 Å². The molecule has 2 saturated heterocycles. The zero-order valence-corrected chi connectivity index (χ0v) is 16.1. The largest absolute Gasteiger partial charge is 0.347 e. The van der Waals surface area contributed by atoms with Crippen LogP contribution in [0, 0.1) is 5.92 Å². The minimum Gasteiger partial charge on any atom is -0.347 e.